The molecule has 0 saturated heterocycles. The fourth-order valence-electron chi connectivity index (χ4n) is 0.843. The lowest BCUT2D eigenvalue weighted by molar-refractivity contribution is -0.341. The molecule has 14 heavy (non-hydrogen) atoms. The lowest BCUT2D eigenvalue weighted by atomic mass is 10.3. The van der Waals surface area contributed by atoms with Crippen LogP contribution in [0.25, 0.3) is 10.2 Å². The first-order chi connectivity index (χ1) is 6.47. The van der Waals surface area contributed by atoms with Crippen LogP contribution >= 0.6 is 11.3 Å². The molecule has 0 aromatic carbocycles. The molecule has 0 amide bonds. The Kier molecular flexibility index (Phi) is 3.46. The number of hydrogen-bond donors (Lipinski definition) is 0. The minimum absolute atomic E-state index is 1.25. The number of rotatable bonds is 0. The Balaban J connectivity index is 0.000000171. The molecular weight excluding hydrogens is 217 g/mol. The average molecular weight is 223 g/mol. The summed E-state index contributed by atoms with van der Waals surface area (Å²) in [6.07, 6.45) is 1.94. The van der Waals surface area contributed by atoms with Gasteiger partial charge < -0.3 is 17.3 Å². The standard InChI is InChI=1S/C7H5NS.BF4/c1-2-6-3-5-9-7(6)8-4-1;2-1(3,4)5/h1-5H;/q;-1/p+1. The lowest BCUT2D eigenvalue weighted by Gasteiger charge is -1.94. The number of halogens is 4. The number of aromatic amines is 1. The minimum Gasteiger partial charge on any atom is -0.418 e. The molecule has 1 nitrogen and oxygen atoms in total. The molecule has 2 aromatic rings. The molecule has 0 bridgehead atoms. The van der Waals surface area contributed by atoms with Crippen LogP contribution in [0.1, 0.15) is 0 Å². The summed E-state index contributed by atoms with van der Waals surface area (Å²) >= 11 is 1.73. The highest BCUT2D eigenvalue weighted by molar-refractivity contribution is 7.16. The van der Waals surface area contributed by atoms with Crippen LogP contribution in [0, 0.1) is 0 Å². The summed E-state index contributed by atoms with van der Waals surface area (Å²) in [5.41, 5.74) is 0. The molecule has 0 spiro atoms. The molecule has 0 unspecified atom stereocenters. The molecule has 76 valence electrons. The third-order valence-electron chi connectivity index (χ3n) is 1.28. The van der Waals surface area contributed by atoms with Crippen molar-refractivity contribution >= 4 is 28.8 Å². The van der Waals surface area contributed by atoms with E-state index in [9.17, 15) is 17.3 Å². The smallest absolute Gasteiger partial charge is 0.418 e. The van der Waals surface area contributed by atoms with Crippen LogP contribution < -0.4 is 4.98 Å². The fourth-order valence-corrected chi connectivity index (χ4v) is 1.60. The minimum atomic E-state index is -6.00. The molecule has 7 heteroatoms. The summed E-state index contributed by atoms with van der Waals surface area (Å²) in [6.45, 7) is 0. The van der Waals surface area contributed by atoms with Crippen LogP contribution in [0.4, 0.5) is 17.3 Å². The summed E-state index contributed by atoms with van der Waals surface area (Å²) in [4.78, 5) is 4.40. The Bertz CT molecular complexity index is 363. The molecule has 0 fully saturated rings. The van der Waals surface area contributed by atoms with Crippen molar-refractivity contribution in [1.29, 1.82) is 0 Å². The Labute approximate surface area is 81.5 Å². The molecule has 0 aliphatic heterocycles. The third kappa shape index (κ3) is 4.22. The largest absolute Gasteiger partial charge is 0.673 e. The number of pyridine rings is 1. The number of H-pyrrole nitrogens is 1. The molecule has 0 saturated carbocycles. The molecule has 2 rings (SSSR count). The van der Waals surface area contributed by atoms with Crippen LogP contribution in [0.2, 0.25) is 0 Å². The van der Waals surface area contributed by atoms with Crippen molar-refractivity contribution in [3.63, 3.8) is 0 Å². The lowest BCUT2D eigenvalue weighted by Crippen LogP contribution is -2.02. The van der Waals surface area contributed by atoms with E-state index in [0.717, 1.165) is 0 Å². The first-order valence-electron chi connectivity index (χ1n) is 3.68. The molecule has 2 heterocycles. The van der Waals surface area contributed by atoms with E-state index in [2.05, 4.69) is 22.5 Å². The van der Waals surface area contributed by atoms with Crippen molar-refractivity contribution in [3.8, 4) is 0 Å². The Morgan fingerprint density at radius 2 is 1.79 bits per heavy atom. The summed E-state index contributed by atoms with van der Waals surface area (Å²) in [5.74, 6) is 0. The molecule has 0 aliphatic rings. The summed E-state index contributed by atoms with van der Waals surface area (Å²) in [6, 6.07) is 6.22. The van der Waals surface area contributed by atoms with Gasteiger partial charge in [0.1, 0.15) is 0 Å². The van der Waals surface area contributed by atoms with Gasteiger partial charge in [0.2, 0.25) is 0 Å². The number of hydrogen-bond acceptors (Lipinski definition) is 1. The molecule has 0 radical (unpaired) electrons. The zero-order chi connectivity index (χ0) is 10.6. The topological polar surface area (TPSA) is 14.1 Å². The van der Waals surface area contributed by atoms with Gasteiger partial charge in [-0.15, -0.1) is 0 Å². The predicted molar refractivity (Wildman–Crippen MR) is 48.6 cm³/mol. The second kappa shape index (κ2) is 4.41. The Morgan fingerprint density at radius 1 is 1.14 bits per heavy atom. The number of thiophene rings is 1. The van der Waals surface area contributed by atoms with Crippen LogP contribution in [0.5, 0.6) is 0 Å². The Hall–Kier alpha value is -1.11. The highest BCUT2D eigenvalue weighted by Crippen LogP contribution is 2.13. The van der Waals surface area contributed by atoms with E-state index in [4.69, 9.17) is 0 Å². The van der Waals surface area contributed by atoms with E-state index >= 15 is 0 Å². The van der Waals surface area contributed by atoms with Crippen LogP contribution in [0.15, 0.2) is 29.8 Å². The average Bonchev–Trinajstić information content (AvgIpc) is 2.47. The van der Waals surface area contributed by atoms with Gasteiger partial charge in [-0.05, 0) is 17.5 Å². The van der Waals surface area contributed by atoms with Crippen molar-refractivity contribution in [1.82, 2.24) is 0 Å². The zero-order valence-electron chi connectivity index (χ0n) is 6.88. The molecule has 1 N–H and O–H groups in total. The Morgan fingerprint density at radius 3 is 2.36 bits per heavy atom. The quantitative estimate of drug-likeness (QED) is 0.481. The second-order valence-electron chi connectivity index (χ2n) is 2.37. The predicted octanol–water partition coefficient (Wildman–Crippen LogP) is 3.02. The van der Waals surface area contributed by atoms with Crippen molar-refractivity contribution < 1.29 is 22.2 Å². The van der Waals surface area contributed by atoms with Gasteiger partial charge in [-0.25, -0.2) is 4.98 Å². The van der Waals surface area contributed by atoms with Crippen LogP contribution in [-0.2, 0) is 0 Å². The fraction of sp³-hybridized carbons (Fsp3) is 0. The monoisotopic (exact) mass is 223 g/mol. The van der Waals surface area contributed by atoms with Crippen LogP contribution in [-0.4, -0.2) is 7.25 Å². The van der Waals surface area contributed by atoms with Gasteiger partial charge >= 0.3 is 7.25 Å². The van der Waals surface area contributed by atoms with E-state index in [0.29, 0.717) is 0 Å². The van der Waals surface area contributed by atoms with Gasteiger partial charge in [0.25, 0.3) is 4.83 Å². The van der Waals surface area contributed by atoms with Crippen molar-refractivity contribution in [2.45, 2.75) is 0 Å². The molecule has 0 atom stereocenters. The van der Waals surface area contributed by atoms with Crippen molar-refractivity contribution in [2.75, 3.05) is 0 Å². The zero-order valence-corrected chi connectivity index (χ0v) is 7.70. The van der Waals surface area contributed by atoms with Gasteiger partial charge in [0.05, 0.1) is 5.39 Å². The van der Waals surface area contributed by atoms with E-state index < -0.39 is 7.25 Å². The maximum absolute atomic E-state index is 9.75. The van der Waals surface area contributed by atoms with E-state index in [-0.39, 0.29) is 0 Å². The summed E-state index contributed by atoms with van der Waals surface area (Å²) in [7, 11) is -6.00. The number of fused-ring (bicyclic) bond motifs is 1. The molecular formula is C7H6BF4NS. The molecule has 0 aliphatic carbocycles. The maximum Gasteiger partial charge on any atom is 0.673 e. The van der Waals surface area contributed by atoms with Crippen molar-refractivity contribution in [3.05, 3.63) is 29.8 Å². The normalized spacial score (nSPS) is 10.9. The SMILES string of the molecule is F[B-](F)(F)F.c1c[nH+]c2sccc2c1. The number of aromatic nitrogens is 1. The first kappa shape index (κ1) is 11.0. The number of nitrogens with one attached hydrogen (secondary N) is 1. The second-order valence-corrected chi connectivity index (χ2v) is 3.29. The van der Waals surface area contributed by atoms with E-state index in [1.165, 1.54) is 10.2 Å². The van der Waals surface area contributed by atoms with Crippen LogP contribution in [0.3, 0.4) is 0 Å². The van der Waals surface area contributed by atoms with E-state index in [1.54, 1.807) is 11.3 Å². The molecule has 2 aromatic heterocycles. The maximum atomic E-state index is 9.75. The van der Waals surface area contributed by atoms with Crippen molar-refractivity contribution in [2.24, 2.45) is 0 Å². The first-order valence-corrected chi connectivity index (χ1v) is 4.56. The summed E-state index contributed by atoms with van der Waals surface area (Å²) < 4.78 is 39.0. The van der Waals surface area contributed by atoms with Gasteiger partial charge in [0, 0.05) is 6.07 Å². The van der Waals surface area contributed by atoms with Gasteiger partial charge in [-0.2, -0.15) is 0 Å². The van der Waals surface area contributed by atoms with Gasteiger partial charge in [-0.1, -0.05) is 11.3 Å². The summed E-state index contributed by atoms with van der Waals surface area (Å²) in [5, 5.41) is 3.38. The van der Waals surface area contributed by atoms with Gasteiger partial charge in [0.15, 0.2) is 6.20 Å². The van der Waals surface area contributed by atoms with E-state index in [1.807, 2.05) is 12.3 Å². The van der Waals surface area contributed by atoms with Gasteiger partial charge in [-0.3, -0.25) is 0 Å². The highest BCUT2D eigenvalue weighted by atomic mass is 32.1. The highest BCUT2D eigenvalue weighted by Gasteiger charge is 2.20. The third-order valence-corrected chi connectivity index (χ3v) is 2.14.